The summed E-state index contributed by atoms with van der Waals surface area (Å²) in [6.07, 6.45) is 0.762. The van der Waals surface area contributed by atoms with Crippen LogP contribution < -0.4 is 10.6 Å². The highest BCUT2D eigenvalue weighted by Gasteiger charge is 2.10. The van der Waals surface area contributed by atoms with Gasteiger partial charge in [0.1, 0.15) is 5.82 Å². The SMILES string of the molecule is CCc1nc(SCC(=O)NCC(=O)Nc2c(C)cccc2C)n[nH]1. The number of carbonyl (C=O) groups is 2. The summed E-state index contributed by atoms with van der Waals surface area (Å²) in [7, 11) is 0. The van der Waals surface area contributed by atoms with E-state index in [2.05, 4.69) is 25.8 Å². The van der Waals surface area contributed by atoms with Crippen LogP contribution >= 0.6 is 11.8 Å². The smallest absolute Gasteiger partial charge is 0.243 e. The molecule has 8 heteroatoms. The van der Waals surface area contributed by atoms with Gasteiger partial charge in [0.2, 0.25) is 17.0 Å². The van der Waals surface area contributed by atoms with Crippen LogP contribution in [-0.4, -0.2) is 39.3 Å². The lowest BCUT2D eigenvalue weighted by molar-refractivity contribution is -0.122. The van der Waals surface area contributed by atoms with Gasteiger partial charge in [-0.3, -0.25) is 14.7 Å². The number of anilines is 1. The van der Waals surface area contributed by atoms with Crippen molar-refractivity contribution in [2.24, 2.45) is 0 Å². The zero-order valence-corrected chi connectivity index (χ0v) is 14.8. The highest BCUT2D eigenvalue weighted by molar-refractivity contribution is 7.99. The van der Waals surface area contributed by atoms with Crippen LogP contribution in [0.15, 0.2) is 23.4 Å². The maximum absolute atomic E-state index is 12.0. The lowest BCUT2D eigenvalue weighted by Gasteiger charge is -2.11. The Morgan fingerprint density at radius 3 is 2.54 bits per heavy atom. The van der Waals surface area contributed by atoms with Crippen molar-refractivity contribution in [3.63, 3.8) is 0 Å². The number of nitrogens with one attached hydrogen (secondary N) is 3. The molecule has 24 heavy (non-hydrogen) atoms. The van der Waals surface area contributed by atoms with E-state index in [-0.39, 0.29) is 24.1 Å². The summed E-state index contributed by atoms with van der Waals surface area (Å²) < 4.78 is 0. The van der Waals surface area contributed by atoms with Gasteiger partial charge in [-0.2, -0.15) is 0 Å². The van der Waals surface area contributed by atoms with E-state index in [1.54, 1.807) is 0 Å². The molecular weight excluding hydrogens is 326 g/mol. The van der Waals surface area contributed by atoms with Crippen LogP contribution in [0, 0.1) is 13.8 Å². The van der Waals surface area contributed by atoms with Gasteiger partial charge in [0.25, 0.3) is 0 Å². The molecule has 0 saturated carbocycles. The normalized spacial score (nSPS) is 10.5. The van der Waals surface area contributed by atoms with Crippen LogP contribution in [0.3, 0.4) is 0 Å². The highest BCUT2D eigenvalue weighted by Crippen LogP contribution is 2.19. The molecule has 2 rings (SSSR count). The molecule has 2 aromatic rings. The number of thioether (sulfide) groups is 1. The van der Waals surface area contributed by atoms with E-state index in [4.69, 9.17) is 0 Å². The van der Waals surface area contributed by atoms with Crippen molar-refractivity contribution < 1.29 is 9.59 Å². The highest BCUT2D eigenvalue weighted by atomic mass is 32.2. The molecular formula is C16H21N5O2S. The second-order valence-corrected chi connectivity index (χ2v) is 6.24. The number of aryl methyl sites for hydroxylation is 3. The quantitative estimate of drug-likeness (QED) is 0.664. The minimum atomic E-state index is -0.253. The Balaban J connectivity index is 1.76. The molecule has 0 saturated heterocycles. The van der Waals surface area contributed by atoms with Gasteiger partial charge in [-0.25, -0.2) is 4.98 Å². The first kappa shape index (κ1) is 18.0. The minimum absolute atomic E-state index is 0.0681. The van der Waals surface area contributed by atoms with Gasteiger partial charge in [0.15, 0.2) is 0 Å². The molecule has 0 aliphatic carbocycles. The molecule has 0 radical (unpaired) electrons. The van der Waals surface area contributed by atoms with Crippen molar-refractivity contribution >= 4 is 29.3 Å². The number of H-pyrrole nitrogens is 1. The van der Waals surface area contributed by atoms with Crippen LogP contribution in [0.1, 0.15) is 23.9 Å². The van der Waals surface area contributed by atoms with Crippen molar-refractivity contribution in [1.29, 1.82) is 0 Å². The molecule has 0 atom stereocenters. The number of aromatic amines is 1. The van der Waals surface area contributed by atoms with Crippen LogP contribution in [0.25, 0.3) is 0 Å². The van der Waals surface area contributed by atoms with Crippen molar-refractivity contribution in [3.8, 4) is 0 Å². The number of nitrogens with zero attached hydrogens (tertiary/aromatic N) is 2. The lowest BCUT2D eigenvalue weighted by Crippen LogP contribution is -2.34. The van der Waals surface area contributed by atoms with Gasteiger partial charge in [-0.15, -0.1) is 5.10 Å². The summed E-state index contributed by atoms with van der Waals surface area (Å²) in [5, 5.41) is 12.7. The second-order valence-electron chi connectivity index (χ2n) is 5.30. The number of amides is 2. The van der Waals surface area contributed by atoms with Crippen LogP contribution in [-0.2, 0) is 16.0 Å². The number of carbonyl (C=O) groups excluding carboxylic acids is 2. The molecule has 0 fully saturated rings. The summed E-state index contributed by atoms with van der Waals surface area (Å²) in [6.45, 7) is 5.76. The summed E-state index contributed by atoms with van der Waals surface area (Å²) in [6, 6.07) is 5.80. The van der Waals surface area contributed by atoms with Crippen molar-refractivity contribution in [3.05, 3.63) is 35.2 Å². The van der Waals surface area contributed by atoms with Gasteiger partial charge in [-0.1, -0.05) is 36.9 Å². The maximum Gasteiger partial charge on any atom is 0.243 e. The zero-order valence-electron chi connectivity index (χ0n) is 14.0. The Hall–Kier alpha value is -2.35. The molecule has 128 valence electrons. The molecule has 1 aromatic carbocycles. The lowest BCUT2D eigenvalue weighted by atomic mass is 10.1. The molecule has 0 bridgehead atoms. The van der Waals surface area contributed by atoms with Crippen LogP contribution in [0.4, 0.5) is 5.69 Å². The van der Waals surface area contributed by atoms with Crippen molar-refractivity contribution in [2.45, 2.75) is 32.3 Å². The average Bonchev–Trinajstić information content (AvgIpc) is 3.02. The molecule has 0 aliphatic heterocycles. The summed E-state index contributed by atoms with van der Waals surface area (Å²) in [5.74, 6) is 0.458. The van der Waals surface area contributed by atoms with Gasteiger partial charge in [0.05, 0.1) is 12.3 Å². The number of para-hydroxylation sites is 1. The Morgan fingerprint density at radius 2 is 1.92 bits per heavy atom. The molecule has 3 N–H and O–H groups in total. The van der Waals surface area contributed by atoms with E-state index in [1.165, 1.54) is 11.8 Å². The maximum atomic E-state index is 12.0. The molecule has 0 unspecified atom stereocenters. The number of hydrogen-bond acceptors (Lipinski definition) is 5. The number of rotatable bonds is 7. The van der Waals surface area contributed by atoms with Gasteiger partial charge < -0.3 is 10.6 Å². The fourth-order valence-electron chi connectivity index (χ4n) is 2.06. The topological polar surface area (TPSA) is 99.8 Å². The summed E-state index contributed by atoms with van der Waals surface area (Å²) in [5.41, 5.74) is 2.77. The monoisotopic (exact) mass is 347 g/mol. The van der Waals surface area contributed by atoms with Crippen LogP contribution in [0.2, 0.25) is 0 Å². The summed E-state index contributed by atoms with van der Waals surface area (Å²) in [4.78, 5) is 28.0. The average molecular weight is 347 g/mol. The number of benzene rings is 1. The number of hydrogen-bond donors (Lipinski definition) is 3. The standard InChI is InChI=1S/C16H21N5O2S/c1-4-12-18-16(21-20-12)24-9-14(23)17-8-13(22)19-15-10(2)6-5-7-11(15)3/h5-7H,4,8-9H2,1-3H3,(H,17,23)(H,19,22)(H,18,20,21). The van der Waals surface area contributed by atoms with Crippen molar-refractivity contribution in [2.75, 3.05) is 17.6 Å². The van der Waals surface area contributed by atoms with Crippen LogP contribution in [0.5, 0.6) is 0 Å². The van der Waals surface area contributed by atoms with E-state index in [9.17, 15) is 9.59 Å². The van der Waals surface area contributed by atoms with E-state index in [0.717, 1.165) is 29.1 Å². The van der Waals surface area contributed by atoms with E-state index in [1.807, 2.05) is 39.0 Å². The van der Waals surface area contributed by atoms with Gasteiger partial charge >= 0.3 is 0 Å². The van der Waals surface area contributed by atoms with E-state index in [0.29, 0.717) is 5.16 Å². The Morgan fingerprint density at radius 1 is 1.21 bits per heavy atom. The molecule has 1 heterocycles. The zero-order chi connectivity index (χ0) is 17.5. The Kier molecular flexibility index (Phi) is 6.36. The third kappa shape index (κ3) is 5.09. The minimum Gasteiger partial charge on any atom is -0.346 e. The summed E-state index contributed by atoms with van der Waals surface area (Å²) >= 11 is 1.23. The molecule has 0 aliphatic rings. The first-order valence-electron chi connectivity index (χ1n) is 7.66. The van der Waals surface area contributed by atoms with Crippen molar-refractivity contribution in [1.82, 2.24) is 20.5 Å². The van der Waals surface area contributed by atoms with Gasteiger partial charge in [-0.05, 0) is 25.0 Å². The molecule has 1 aromatic heterocycles. The largest absolute Gasteiger partial charge is 0.346 e. The molecule has 2 amide bonds. The Bertz CT molecular complexity index is 709. The fourth-order valence-corrected chi connectivity index (χ4v) is 2.70. The number of aromatic nitrogens is 3. The predicted octanol–water partition coefficient (Wildman–Crippen LogP) is 1.83. The molecule has 7 nitrogen and oxygen atoms in total. The van der Waals surface area contributed by atoms with E-state index < -0.39 is 0 Å². The first-order chi connectivity index (χ1) is 11.5. The van der Waals surface area contributed by atoms with E-state index >= 15 is 0 Å². The predicted molar refractivity (Wildman–Crippen MR) is 94.0 cm³/mol. The second kappa shape index (κ2) is 8.49. The third-order valence-corrected chi connectivity index (χ3v) is 4.22. The fraction of sp³-hybridized carbons (Fsp3) is 0.375. The Labute approximate surface area is 145 Å². The molecule has 0 spiro atoms. The first-order valence-corrected chi connectivity index (χ1v) is 8.65. The van der Waals surface area contributed by atoms with Gasteiger partial charge in [0, 0.05) is 12.1 Å². The third-order valence-electron chi connectivity index (χ3n) is 3.37.